The number of anilines is 1. The molecule has 0 bridgehead atoms. The van der Waals surface area contributed by atoms with Crippen molar-refractivity contribution in [3.8, 4) is 5.75 Å². The van der Waals surface area contributed by atoms with Crippen molar-refractivity contribution in [2.45, 2.75) is 31.7 Å². The number of carbonyl (C=O) groups excluding carboxylic acids is 2. The summed E-state index contributed by atoms with van der Waals surface area (Å²) in [7, 11) is 1.60. The first-order chi connectivity index (χ1) is 12.7. The van der Waals surface area contributed by atoms with Gasteiger partial charge in [-0.25, -0.2) is 4.79 Å². The van der Waals surface area contributed by atoms with Gasteiger partial charge in [-0.05, 0) is 51.0 Å². The van der Waals surface area contributed by atoms with Gasteiger partial charge in [0, 0.05) is 31.3 Å². The first-order valence-corrected chi connectivity index (χ1v) is 9.37. The number of hydrogen-bond acceptors (Lipinski definition) is 4. The summed E-state index contributed by atoms with van der Waals surface area (Å²) in [6, 6.07) is 7.04. The van der Waals surface area contributed by atoms with Gasteiger partial charge in [0.25, 0.3) is 0 Å². The average molecular weight is 360 g/mol. The normalized spacial score (nSPS) is 20.4. The van der Waals surface area contributed by atoms with Gasteiger partial charge in [0.05, 0.1) is 13.2 Å². The van der Waals surface area contributed by atoms with Crippen LogP contribution < -0.4 is 20.3 Å². The topological polar surface area (TPSA) is 73.9 Å². The van der Waals surface area contributed by atoms with Gasteiger partial charge in [0.1, 0.15) is 5.75 Å². The lowest BCUT2D eigenvalue weighted by Gasteiger charge is -2.18. The van der Waals surface area contributed by atoms with Gasteiger partial charge >= 0.3 is 6.03 Å². The number of amides is 3. The number of hydrogen-bond donors (Lipinski definition) is 2. The third kappa shape index (κ3) is 4.88. The van der Waals surface area contributed by atoms with E-state index in [0.29, 0.717) is 25.3 Å². The molecule has 1 aromatic rings. The summed E-state index contributed by atoms with van der Waals surface area (Å²) >= 11 is 0. The third-order valence-corrected chi connectivity index (χ3v) is 4.96. The first kappa shape index (κ1) is 18.5. The van der Waals surface area contributed by atoms with E-state index in [1.54, 1.807) is 12.0 Å². The maximum atomic E-state index is 12.3. The second kappa shape index (κ2) is 8.89. The highest BCUT2D eigenvalue weighted by molar-refractivity contribution is 5.97. The second-order valence-corrected chi connectivity index (χ2v) is 6.91. The van der Waals surface area contributed by atoms with Crippen molar-refractivity contribution in [3.63, 3.8) is 0 Å². The van der Waals surface area contributed by atoms with Crippen LogP contribution in [0.2, 0.25) is 0 Å². The van der Waals surface area contributed by atoms with Crippen molar-refractivity contribution in [2.75, 3.05) is 44.7 Å². The monoisotopic (exact) mass is 360 g/mol. The molecule has 2 aliphatic rings. The summed E-state index contributed by atoms with van der Waals surface area (Å²) in [5, 5.41) is 5.80. The average Bonchev–Trinajstić information content (AvgIpc) is 3.28. The summed E-state index contributed by atoms with van der Waals surface area (Å²) in [5.41, 5.74) is 0.796. The fraction of sp³-hybridized carbons (Fsp3) is 0.579. The smallest absolute Gasteiger partial charge is 0.315 e. The quantitative estimate of drug-likeness (QED) is 0.724. The minimum absolute atomic E-state index is 0.0117. The van der Waals surface area contributed by atoms with E-state index in [9.17, 15) is 9.59 Å². The van der Waals surface area contributed by atoms with Crippen LogP contribution in [0.5, 0.6) is 5.75 Å². The van der Waals surface area contributed by atoms with Crippen molar-refractivity contribution < 1.29 is 14.3 Å². The van der Waals surface area contributed by atoms with Gasteiger partial charge in [-0.1, -0.05) is 6.07 Å². The van der Waals surface area contributed by atoms with E-state index in [4.69, 9.17) is 4.74 Å². The van der Waals surface area contributed by atoms with Crippen molar-refractivity contribution in [2.24, 2.45) is 0 Å². The maximum absolute atomic E-state index is 12.3. The summed E-state index contributed by atoms with van der Waals surface area (Å²) in [6.07, 6.45) is 3.84. The highest BCUT2D eigenvalue weighted by Crippen LogP contribution is 2.25. The van der Waals surface area contributed by atoms with Gasteiger partial charge in [-0.15, -0.1) is 0 Å². The van der Waals surface area contributed by atoms with Crippen molar-refractivity contribution >= 4 is 17.6 Å². The van der Waals surface area contributed by atoms with E-state index in [-0.39, 0.29) is 18.0 Å². The summed E-state index contributed by atoms with van der Waals surface area (Å²) < 4.78 is 5.21. The number of nitrogens with zero attached hydrogens (tertiary/aromatic N) is 2. The van der Waals surface area contributed by atoms with E-state index >= 15 is 0 Å². The minimum Gasteiger partial charge on any atom is -0.497 e. The Morgan fingerprint density at radius 1 is 1.31 bits per heavy atom. The van der Waals surface area contributed by atoms with E-state index in [2.05, 4.69) is 15.5 Å². The number of rotatable bonds is 7. The number of likely N-dealkylation sites (tertiary alicyclic amines) is 1. The van der Waals surface area contributed by atoms with Gasteiger partial charge in [-0.2, -0.15) is 0 Å². The lowest BCUT2D eigenvalue weighted by atomic mass is 10.2. The molecule has 2 saturated heterocycles. The molecule has 1 aromatic carbocycles. The minimum atomic E-state index is -0.197. The number of nitrogens with one attached hydrogen (secondary N) is 2. The predicted octanol–water partition coefficient (Wildman–Crippen LogP) is 1.59. The highest BCUT2D eigenvalue weighted by Gasteiger charge is 2.31. The van der Waals surface area contributed by atoms with Crippen LogP contribution in [0.1, 0.15) is 25.7 Å². The predicted molar refractivity (Wildman–Crippen MR) is 101 cm³/mol. The molecule has 142 valence electrons. The van der Waals surface area contributed by atoms with Crippen molar-refractivity contribution in [1.29, 1.82) is 0 Å². The molecule has 2 N–H and O–H groups in total. The standard InChI is InChI=1S/C19H28N4O3/c1-26-17-7-4-6-16(13-17)23-14-15(12-18(23)24)21-19(25)20-8-5-11-22-9-2-3-10-22/h4,6-7,13,15H,2-3,5,8-12,14H2,1H3,(H2,20,21,25)/t15-/m0/s1. The zero-order valence-corrected chi connectivity index (χ0v) is 15.4. The maximum Gasteiger partial charge on any atom is 0.315 e. The van der Waals surface area contributed by atoms with Crippen LogP contribution in [0.25, 0.3) is 0 Å². The molecule has 0 aromatic heterocycles. The molecule has 7 nitrogen and oxygen atoms in total. The summed E-state index contributed by atoms with van der Waals surface area (Å²) in [6.45, 7) is 4.52. The zero-order chi connectivity index (χ0) is 18.4. The van der Waals surface area contributed by atoms with Crippen LogP contribution in [0.4, 0.5) is 10.5 Å². The molecule has 0 saturated carbocycles. The van der Waals surface area contributed by atoms with Crippen LogP contribution in [0.3, 0.4) is 0 Å². The Labute approximate surface area is 154 Å². The SMILES string of the molecule is COc1cccc(N2C[C@@H](NC(=O)NCCCN3CCCC3)CC2=O)c1. The molecule has 3 amide bonds. The van der Waals surface area contributed by atoms with E-state index in [1.165, 1.54) is 25.9 Å². The Kier molecular flexibility index (Phi) is 6.33. The molecule has 0 aliphatic carbocycles. The van der Waals surface area contributed by atoms with Crippen LogP contribution in [-0.2, 0) is 4.79 Å². The molecule has 0 spiro atoms. The number of carbonyl (C=O) groups is 2. The lowest BCUT2D eigenvalue weighted by Crippen LogP contribution is -2.44. The fourth-order valence-corrected chi connectivity index (χ4v) is 3.58. The molecule has 0 unspecified atom stereocenters. The molecule has 2 aliphatic heterocycles. The number of urea groups is 1. The van der Waals surface area contributed by atoms with Gasteiger partial charge in [-0.3, -0.25) is 4.79 Å². The molecular weight excluding hydrogens is 332 g/mol. The Hall–Kier alpha value is -2.28. The molecule has 7 heteroatoms. The second-order valence-electron chi connectivity index (χ2n) is 6.91. The molecule has 2 heterocycles. The van der Waals surface area contributed by atoms with E-state index < -0.39 is 0 Å². The first-order valence-electron chi connectivity index (χ1n) is 9.37. The molecule has 1 atom stereocenters. The van der Waals surface area contributed by atoms with Gasteiger partial charge < -0.3 is 25.2 Å². The van der Waals surface area contributed by atoms with E-state index in [1.807, 2.05) is 24.3 Å². The number of ether oxygens (including phenoxy) is 1. The lowest BCUT2D eigenvalue weighted by molar-refractivity contribution is -0.117. The molecule has 0 radical (unpaired) electrons. The van der Waals surface area contributed by atoms with Crippen LogP contribution >= 0.6 is 0 Å². The Balaban J connectivity index is 1.41. The van der Waals surface area contributed by atoms with E-state index in [0.717, 1.165) is 18.7 Å². The fourth-order valence-electron chi connectivity index (χ4n) is 3.58. The highest BCUT2D eigenvalue weighted by atomic mass is 16.5. The van der Waals surface area contributed by atoms with Crippen molar-refractivity contribution in [1.82, 2.24) is 15.5 Å². The Morgan fingerprint density at radius 3 is 2.88 bits per heavy atom. The van der Waals surface area contributed by atoms with Gasteiger partial charge in [0.2, 0.25) is 5.91 Å². The largest absolute Gasteiger partial charge is 0.497 e. The number of benzene rings is 1. The zero-order valence-electron chi connectivity index (χ0n) is 15.4. The molecule has 2 fully saturated rings. The van der Waals surface area contributed by atoms with Crippen LogP contribution in [-0.4, -0.2) is 62.7 Å². The summed E-state index contributed by atoms with van der Waals surface area (Å²) in [5.74, 6) is 0.722. The Bertz CT molecular complexity index is 631. The Morgan fingerprint density at radius 2 is 2.12 bits per heavy atom. The van der Waals surface area contributed by atoms with Crippen LogP contribution in [0.15, 0.2) is 24.3 Å². The number of methoxy groups -OCH3 is 1. The van der Waals surface area contributed by atoms with Crippen molar-refractivity contribution in [3.05, 3.63) is 24.3 Å². The summed E-state index contributed by atoms with van der Waals surface area (Å²) in [4.78, 5) is 28.5. The van der Waals surface area contributed by atoms with Gasteiger partial charge in [0.15, 0.2) is 0 Å². The molecule has 3 rings (SSSR count). The van der Waals surface area contributed by atoms with Crippen LogP contribution in [0, 0.1) is 0 Å². The third-order valence-electron chi connectivity index (χ3n) is 4.96. The molecule has 26 heavy (non-hydrogen) atoms. The molecular formula is C19H28N4O3.